The van der Waals surface area contributed by atoms with Crippen LogP contribution in [-0.4, -0.2) is 42.4 Å². The Morgan fingerprint density at radius 1 is 1.35 bits per heavy atom. The predicted octanol–water partition coefficient (Wildman–Crippen LogP) is 1.27. The normalized spacial score (nSPS) is 19.8. The van der Waals surface area contributed by atoms with Crippen molar-refractivity contribution in [1.82, 2.24) is 10.2 Å². The highest BCUT2D eigenvalue weighted by Gasteiger charge is 2.25. The summed E-state index contributed by atoms with van der Waals surface area (Å²) >= 11 is 0. The quantitative estimate of drug-likeness (QED) is 0.771. The molecule has 1 rings (SSSR count). The molecule has 3 N–H and O–H groups in total. The Kier molecular flexibility index (Phi) is 6.46. The number of nitrogens with two attached hydrogens (primary N) is 1. The second-order valence-electron chi connectivity index (χ2n) is 6.58. The topological polar surface area (TPSA) is 75.4 Å². The van der Waals surface area contributed by atoms with Crippen molar-refractivity contribution in [2.45, 2.75) is 58.9 Å². The lowest BCUT2D eigenvalue weighted by molar-refractivity contribution is -0.134. The third-order valence-electron chi connectivity index (χ3n) is 4.02. The molecule has 0 saturated carbocycles. The Labute approximate surface area is 122 Å². The summed E-state index contributed by atoms with van der Waals surface area (Å²) < 4.78 is 0. The van der Waals surface area contributed by atoms with E-state index in [0.717, 1.165) is 32.2 Å². The zero-order valence-corrected chi connectivity index (χ0v) is 13.1. The van der Waals surface area contributed by atoms with Crippen molar-refractivity contribution in [2.75, 3.05) is 19.6 Å². The van der Waals surface area contributed by atoms with Gasteiger partial charge in [-0.25, -0.2) is 0 Å². The third kappa shape index (κ3) is 5.90. The van der Waals surface area contributed by atoms with Gasteiger partial charge in [-0.3, -0.25) is 9.59 Å². The number of piperidine rings is 1. The molecule has 116 valence electrons. The maximum atomic E-state index is 12.3. The van der Waals surface area contributed by atoms with Gasteiger partial charge in [0.1, 0.15) is 0 Å². The van der Waals surface area contributed by atoms with Crippen LogP contribution < -0.4 is 11.1 Å². The van der Waals surface area contributed by atoms with Crippen LogP contribution in [0, 0.1) is 5.41 Å². The van der Waals surface area contributed by atoms with Crippen LogP contribution in [0.1, 0.15) is 52.9 Å². The Bertz CT molecular complexity index is 342. The summed E-state index contributed by atoms with van der Waals surface area (Å²) in [6.07, 6.45) is 4.30. The molecular weight excluding hydrogens is 254 g/mol. The fraction of sp³-hybridized carbons (Fsp3) is 0.867. The summed E-state index contributed by atoms with van der Waals surface area (Å²) in [7, 11) is 0. The van der Waals surface area contributed by atoms with Crippen LogP contribution in [0.2, 0.25) is 0 Å². The lowest BCUT2D eigenvalue weighted by atomic mass is 9.84. The smallest absolute Gasteiger partial charge is 0.222 e. The predicted molar refractivity (Wildman–Crippen MR) is 80.1 cm³/mol. The average Bonchev–Trinajstić information content (AvgIpc) is 2.35. The maximum Gasteiger partial charge on any atom is 0.222 e. The summed E-state index contributed by atoms with van der Waals surface area (Å²) in [4.78, 5) is 25.2. The Balaban J connectivity index is 2.41. The van der Waals surface area contributed by atoms with E-state index < -0.39 is 0 Å². The van der Waals surface area contributed by atoms with Gasteiger partial charge >= 0.3 is 0 Å². The SMILES string of the molecule is CC(=O)NC1CCCN(C(=O)CCC(C)(C)CCN)C1. The van der Waals surface area contributed by atoms with Gasteiger partial charge in [-0.2, -0.15) is 0 Å². The van der Waals surface area contributed by atoms with E-state index in [4.69, 9.17) is 5.73 Å². The molecule has 0 aliphatic carbocycles. The molecule has 0 aromatic rings. The summed E-state index contributed by atoms with van der Waals surface area (Å²) in [5.74, 6) is 0.179. The zero-order valence-electron chi connectivity index (χ0n) is 13.1. The summed E-state index contributed by atoms with van der Waals surface area (Å²) in [6.45, 7) is 7.96. The monoisotopic (exact) mass is 283 g/mol. The van der Waals surface area contributed by atoms with Gasteiger partial charge in [-0.15, -0.1) is 0 Å². The minimum absolute atomic E-state index is 0.0200. The second kappa shape index (κ2) is 7.62. The van der Waals surface area contributed by atoms with Gasteiger partial charge in [0.05, 0.1) is 0 Å². The van der Waals surface area contributed by atoms with Crippen molar-refractivity contribution < 1.29 is 9.59 Å². The maximum absolute atomic E-state index is 12.3. The zero-order chi connectivity index (χ0) is 15.2. The fourth-order valence-electron chi connectivity index (χ4n) is 2.73. The molecule has 0 radical (unpaired) electrons. The van der Waals surface area contributed by atoms with Crippen molar-refractivity contribution in [3.8, 4) is 0 Å². The van der Waals surface area contributed by atoms with E-state index in [1.165, 1.54) is 6.92 Å². The van der Waals surface area contributed by atoms with Gasteiger partial charge in [0.15, 0.2) is 0 Å². The molecule has 2 amide bonds. The molecule has 0 spiro atoms. The second-order valence-corrected chi connectivity index (χ2v) is 6.58. The molecular formula is C15H29N3O2. The van der Waals surface area contributed by atoms with Gasteiger partial charge in [-0.05, 0) is 37.6 Å². The first kappa shape index (κ1) is 17.0. The molecule has 1 atom stereocenters. The van der Waals surface area contributed by atoms with Gasteiger partial charge < -0.3 is 16.0 Å². The molecule has 0 bridgehead atoms. The van der Waals surface area contributed by atoms with Crippen molar-refractivity contribution >= 4 is 11.8 Å². The number of carbonyl (C=O) groups is 2. The van der Waals surface area contributed by atoms with Crippen LogP contribution in [-0.2, 0) is 9.59 Å². The van der Waals surface area contributed by atoms with Gasteiger partial charge in [0, 0.05) is 32.5 Å². The molecule has 5 heteroatoms. The highest BCUT2D eigenvalue weighted by molar-refractivity contribution is 5.77. The molecule has 1 heterocycles. The number of nitrogens with zero attached hydrogens (tertiary/aromatic N) is 1. The summed E-state index contributed by atoms with van der Waals surface area (Å²) in [6, 6.07) is 0.113. The van der Waals surface area contributed by atoms with E-state index in [2.05, 4.69) is 19.2 Å². The molecule has 0 aromatic heterocycles. The number of hydrogen-bond donors (Lipinski definition) is 2. The Morgan fingerprint density at radius 3 is 2.65 bits per heavy atom. The summed E-state index contributed by atoms with van der Waals surface area (Å²) in [5.41, 5.74) is 5.72. The van der Waals surface area contributed by atoms with Crippen LogP contribution in [0.25, 0.3) is 0 Å². The lowest BCUT2D eigenvalue weighted by Gasteiger charge is -2.34. The van der Waals surface area contributed by atoms with E-state index in [-0.39, 0.29) is 23.3 Å². The number of rotatable bonds is 6. The summed E-state index contributed by atoms with van der Waals surface area (Å²) in [5, 5.41) is 2.91. The number of amides is 2. The standard InChI is InChI=1S/C15H29N3O2/c1-12(19)17-13-5-4-10-18(11-13)14(20)6-7-15(2,3)8-9-16/h13H,4-11,16H2,1-3H3,(H,17,19). The fourth-order valence-corrected chi connectivity index (χ4v) is 2.73. The average molecular weight is 283 g/mol. The van der Waals surface area contributed by atoms with Crippen LogP contribution in [0.15, 0.2) is 0 Å². The number of carbonyl (C=O) groups excluding carboxylic acids is 2. The molecule has 1 unspecified atom stereocenters. The highest BCUT2D eigenvalue weighted by Crippen LogP contribution is 2.26. The van der Waals surface area contributed by atoms with Crippen molar-refractivity contribution in [3.63, 3.8) is 0 Å². The van der Waals surface area contributed by atoms with Crippen molar-refractivity contribution in [1.29, 1.82) is 0 Å². The first-order valence-corrected chi connectivity index (χ1v) is 7.59. The molecule has 1 aliphatic heterocycles. The number of likely N-dealkylation sites (tertiary alicyclic amines) is 1. The minimum Gasteiger partial charge on any atom is -0.352 e. The molecule has 1 saturated heterocycles. The van der Waals surface area contributed by atoms with Crippen LogP contribution in [0.4, 0.5) is 0 Å². The molecule has 1 aliphatic rings. The van der Waals surface area contributed by atoms with Crippen molar-refractivity contribution in [3.05, 3.63) is 0 Å². The largest absolute Gasteiger partial charge is 0.352 e. The highest BCUT2D eigenvalue weighted by atomic mass is 16.2. The molecule has 20 heavy (non-hydrogen) atoms. The first-order valence-electron chi connectivity index (χ1n) is 7.59. The molecule has 0 aromatic carbocycles. The molecule has 1 fully saturated rings. The van der Waals surface area contributed by atoms with Crippen LogP contribution >= 0.6 is 0 Å². The molecule has 5 nitrogen and oxygen atoms in total. The Morgan fingerprint density at radius 2 is 2.05 bits per heavy atom. The van der Waals surface area contributed by atoms with E-state index in [9.17, 15) is 9.59 Å². The lowest BCUT2D eigenvalue weighted by Crippen LogP contribution is -2.49. The van der Waals surface area contributed by atoms with Crippen LogP contribution in [0.5, 0.6) is 0 Å². The van der Waals surface area contributed by atoms with E-state index in [1.54, 1.807) is 0 Å². The van der Waals surface area contributed by atoms with E-state index >= 15 is 0 Å². The van der Waals surface area contributed by atoms with Crippen molar-refractivity contribution in [2.24, 2.45) is 11.1 Å². The number of nitrogens with one attached hydrogen (secondary N) is 1. The van der Waals surface area contributed by atoms with E-state index in [0.29, 0.717) is 19.5 Å². The minimum atomic E-state index is -0.0200. The van der Waals surface area contributed by atoms with Gasteiger partial charge in [0.2, 0.25) is 11.8 Å². The van der Waals surface area contributed by atoms with E-state index in [1.807, 2.05) is 4.90 Å². The van der Waals surface area contributed by atoms with Gasteiger partial charge in [0.25, 0.3) is 0 Å². The first-order chi connectivity index (χ1) is 9.34. The Hall–Kier alpha value is -1.10. The van der Waals surface area contributed by atoms with Gasteiger partial charge in [-0.1, -0.05) is 13.8 Å². The third-order valence-corrected chi connectivity index (χ3v) is 4.02. The number of hydrogen-bond acceptors (Lipinski definition) is 3. The van der Waals surface area contributed by atoms with Crippen LogP contribution in [0.3, 0.4) is 0 Å².